The third-order valence-electron chi connectivity index (χ3n) is 5.78. The van der Waals surface area contributed by atoms with Crippen LogP contribution in [-0.2, 0) is 9.59 Å². The van der Waals surface area contributed by atoms with Gasteiger partial charge in [-0.25, -0.2) is 4.98 Å². The predicted octanol–water partition coefficient (Wildman–Crippen LogP) is 5.59. The number of carbonyl (C=O) groups excluding carboxylic acids is 2. The number of aliphatic hydroxyl groups is 1. The zero-order chi connectivity index (χ0) is 24.7. The molecule has 1 atom stereocenters. The van der Waals surface area contributed by atoms with Crippen molar-refractivity contribution in [3.05, 3.63) is 88.5 Å². The largest absolute Gasteiger partial charge is 0.507 e. The van der Waals surface area contributed by atoms with E-state index in [1.165, 1.54) is 23.3 Å². The standard InChI is InChI=1S/C26H19ClN2O5S/c1-33-16-11-12-18-20(13-16)35-26(28-18)29-22(14-7-9-15(27)10-8-14)21(24(31)25(29)32)23(30)17-5-3-4-6-19(17)34-2/h3-13,22,30H,1-2H3/b23-21+. The molecule has 0 spiro atoms. The van der Waals surface area contributed by atoms with Gasteiger partial charge in [-0.2, -0.15) is 0 Å². The predicted molar refractivity (Wildman–Crippen MR) is 135 cm³/mol. The summed E-state index contributed by atoms with van der Waals surface area (Å²) in [5, 5.41) is 12.2. The summed E-state index contributed by atoms with van der Waals surface area (Å²) in [6, 6.07) is 18.0. The zero-order valence-corrected chi connectivity index (χ0v) is 20.3. The molecule has 1 N–H and O–H groups in total. The number of nitrogens with zero attached hydrogens (tertiary/aromatic N) is 2. The average Bonchev–Trinajstić information content (AvgIpc) is 3.41. The van der Waals surface area contributed by atoms with Gasteiger partial charge in [0.1, 0.15) is 17.3 Å². The maximum absolute atomic E-state index is 13.4. The van der Waals surface area contributed by atoms with Crippen molar-refractivity contribution in [1.29, 1.82) is 0 Å². The van der Waals surface area contributed by atoms with Crippen molar-refractivity contribution >= 4 is 55.7 Å². The van der Waals surface area contributed by atoms with E-state index in [0.29, 0.717) is 38.3 Å². The fourth-order valence-electron chi connectivity index (χ4n) is 4.10. The smallest absolute Gasteiger partial charge is 0.301 e. The lowest BCUT2D eigenvalue weighted by atomic mass is 9.95. The molecule has 2 heterocycles. The van der Waals surface area contributed by atoms with E-state index in [0.717, 1.165) is 4.70 Å². The van der Waals surface area contributed by atoms with Gasteiger partial charge in [0.25, 0.3) is 5.78 Å². The number of ether oxygens (including phenoxy) is 2. The highest BCUT2D eigenvalue weighted by atomic mass is 35.5. The van der Waals surface area contributed by atoms with Crippen LogP contribution in [0.4, 0.5) is 5.13 Å². The van der Waals surface area contributed by atoms with Crippen molar-refractivity contribution in [1.82, 2.24) is 4.98 Å². The second kappa shape index (κ2) is 9.05. The second-order valence-electron chi connectivity index (χ2n) is 7.75. The Morgan fingerprint density at radius 1 is 1.03 bits per heavy atom. The van der Waals surface area contributed by atoms with Gasteiger partial charge < -0.3 is 14.6 Å². The van der Waals surface area contributed by atoms with E-state index in [1.807, 2.05) is 6.07 Å². The highest BCUT2D eigenvalue weighted by molar-refractivity contribution is 7.22. The molecule has 1 amide bonds. The van der Waals surface area contributed by atoms with Crippen LogP contribution in [0.5, 0.6) is 11.5 Å². The lowest BCUT2D eigenvalue weighted by molar-refractivity contribution is -0.132. The van der Waals surface area contributed by atoms with Crippen molar-refractivity contribution in [3.8, 4) is 11.5 Å². The molecule has 0 radical (unpaired) electrons. The van der Waals surface area contributed by atoms with E-state index >= 15 is 0 Å². The molecule has 1 aromatic heterocycles. The van der Waals surface area contributed by atoms with Crippen LogP contribution in [0.2, 0.25) is 5.02 Å². The number of ketones is 1. The van der Waals surface area contributed by atoms with Crippen LogP contribution < -0.4 is 14.4 Å². The number of Topliss-reactive ketones (excluding diaryl/α,β-unsaturated/α-hetero) is 1. The molecule has 3 aromatic carbocycles. The van der Waals surface area contributed by atoms with Crippen molar-refractivity contribution in [2.24, 2.45) is 0 Å². The van der Waals surface area contributed by atoms with E-state index in [4.69, 9.17) is 21.1 Å². The summed E-state index contributed by atoms with van der Waals surface area (Å²) in [4.78, 5) is 32.7. The quantitative estimate of drug-likeness (QED) is 0.215. The van der Waals surface area contributed by atoms with E-state index in [-0.39, 0.29) is 11.3 Å². The van der Waals surface area contributed by atoms with Gasteiger partial charge >= 0.3 is 5.91 Å². The zero-order valence-electron chi connectivity index (χ0n) is 18.7. The number of halogens is 1. The summed E-state index contributed by atoms with van der Waals surface area (Å²) in [7, 11) is 3.04. The number of rotatable bonds is 5. The Morgan fingerprint density at radius 3 is 2.49 bits per heavy atom. The minimum absolute atomic E-state index is 0.0568. The fourth-order valence-corrected chi connectivity index (χ4v) is 5.25. The summed E-state index contributed by atoms with van der Waals surface area (Å²) in [5.41, 5.74) is 1.51. The minimum Gasteiger partial charge on any atom is -0.507 e. The molecule has 176 valence electrons. The number of methoxy groups -OCH3 is 2. The number of carbonyl (C=O) groups is 2. The summed E-state index contributed by atoms with van der Waals surface area (Å²) in [6.45, 7) is 0. The monoisotopic (exact) mass is 506 g/mol. The van der Waals surface area contributed by atoms with Crippen molar-refractivity contribution in [2.45, 2.75) is 6.04 Å². The number of anilines is 1. The molecule has 4 aromatic rings. The first-order valence-corrected chi connectivity index (χ1v) is 11.8. The summed E-state index contributed by atoms with van der Waals surface area (Å²) < 4.78 is 11.5. The maximum Gasteiger partial charge on any atom is 0.301 e. The minimum atomic E-state index is -0.917. The Labute approximate surface area is 209 Å². The number of hydrogen-bond acceptors (Lipinski definition) is 7. The molecule has 1 saturated heterocycles. The van der Waals surface area contributed by atoms with Crippen LogP contribution in [0.25, 0.3) is 16.0 Å². The highest BCUT2D eigenvalue weighted by Gasteiger charge is 2.48. The Hall–Kier alpha value is -3.88. The molecule has 1 aliphatic heterocycles. The molecule has 0 saturated carbocycles. The van der Waals surface area contributed by atoms with Crippen LogP contribution in [-0.4, -0.2) is 36.0 Å². The lowest BCUT2D eigenvalue weighted by Crippen LogP contribution is -2.29. The first-order valence-electron chi connectivity index (χ1n) is 10.6. The molecular weight excluding hydrogens is 488 g/mol. The van der Waals surface area contributed by atoms with E-state index in [2.05, 4.69) is 4.98 Å². The number of aliphatic hydroxyl groups excluding tert-OH is 1. The third kappa shape index (κ3) is 3.90. The number of fused-ring (bicyclic) bond motifs is 1. The summed E-state index contributed by atoms with van der Waals surface area (Å²) >= 11 is 7.35. The van der Waals surface area contributed by atoms with Crippen LogP contribution in [0.15, 0.2) is 72.3 Å². The third-order valence-corrected chi connectivity index (χ3v) is 7.05. The number of amides is 1. The van der Waals surface area contributed by atoms with Gasteiger partial charge in [0.05, 0.1) is 41.6 Å². The number of hydrogen-bond donors (Lipinski definition) is 1. The van der Waals surface area contributed by atoms with Crippen molar-refractivity contribution in [2.75, 3.05) is 19.1 Å². The highest BCUT2D eigenvalue weighted by Crippen LogP contribution is 2.45. The van der Waals surface area contributed by atoms with Crippen molar-refractivity contribution < 1.29 is 24.2 Å². The molecule has 5 rings (SSSR count). The normalized spacial score (nSPS) is 17.2. The number of benzene rings is 3. The molecule has 0 aliphatic carbocycles. The van der Waals surface area contributed by atoms with E-state index < -0.39 is 17.7 Å². The number of para-hydroxylation sites is 1. The van der Waals surface area contributed by atoms with Gasteiger partial charge in [-0.3, -0.25) is 14.5 Å². The van der Waals surface area contributed by atoms with Gasteiger partial charge in [-0.05, 0) is 48.0 Å². The Kier molecular flexibility index (Phi) is 5.92. The van der Waals surface area contributed by atoms with E-state index in [9.17, 15) is 14.7 Å². The molecular formula is C26H19ClN2O5S. The fraction of sp³-hybridized carbons (Fsp3) is 0.115. The van der Waals surface area contributed by atoms with Crippen LogP contribution in [0.3, 0.4) is 0 Å². The van der Waals surface area contributed by atoms with Crippen LogP contribution in [0.1, 0.15) is 17.2 Å². The second-order valence-corrected chi connectivity index (χ2v) is 9.20. The Bertz CT molecular complexity index is 1500. The van der Waals surface area contributed by atoms with Crippen molar-refractivity contribution in [3.63, 3.8) is 0 Å². The van der Waals surface area contributed by atoms with Gasteiger partial charge in [0, 0.05) is 5.02 Å². The molecule has 1 unspecified atom stereocenters. The molecule has 1 aliphatic rings. The van der Waals surface area contributed by atoms with Gasteiger partial charge in [0.2, 0.25) is 0 Å². The molecule has 1 fully saturated rings. The average molecular weight is 507 g/mol. The first kappa shape index (κ1) is 22.9. The Balaban J connectivity index is 1.73. The van der Waals surface area contributed by atoms with Gasteiger partial charge in [-0.1, -0.05) is 47.2 Å². The summed E-state index contributed by atoms with van der Waals surface area (Å²) in [6.07, 6.45) is 0. The van der Waals surface area contributed by atoms with Crippen LogP contribution in [0, 0.1) is 0 Å². The molecule has 7 nitrogen and oxygen atoms in total. The number of aromatic nitrogens is 1. The molecule has 0 bridgehead atoms. The maximum atomic E-state index is 13.4. The first-order chi connectivity index (χ1) is 16.9. The Morgan fingerprint density at radius 2 is 1.77 bits per heavy atom. The van der Waals surface area contributed by atoms with E-state index in [1.54, 1.807) is 67.8 Å². The van der Waals surface area contributed by atoms with Gasteiger partial charge in [-0.15, -0.1) is 0 Å². The topological polar surface area (TPSA) is 89.0 Å². The molecule has 9 heteroatoms. The lowest BCUT2D eigenvalue weighted by Gasteiger charge is -2.23. The number of thiazole rings is 1. The molecule has 35 heavy (non-hydrogen) atoms. The SMILES string of the molecule is COc1ccc2nc(N3C(=O)C(=O)/C(=C(/O)c4ccccc4OC)C3c3ccc(Cl)cc3)sc2c1. The summed E-state index contributed by atoms with van der Waals surface area (Å²) in [5.74, 6) is -0.901. The van der Waals surface area contributed by atoms with Crippen LogP contribution >= 0.6 is 22.9 Å². The van der Waals surface area contributed by atoms with Gasteiger partial charge in [0.15, 0.2) is 5.13 Å².